The van der Waals surface area contributed by atoms with Crippen LogP contribution in [0.4, 0.5) is 0 Å². The maximum Gasteiger partial charge on any atom is 0.225 e. The molecule has 4 rings (SSSR count). The highest BCUT2D eigenvalue weighted by Crippen LogP contribution is 2.27. The normalized spacial score (nSPS) is 21.5. The average molecular weight is 380 g/mol. The number of rotatable bonds is 4. The van der Waals surface area contributed by atoms with Crippen molar-refractivity contribution in [2.75, 3.05) is 6.54 Å². The molecule has 1 aliphatic carbocycles. The summed E-state index contributed by atoms with van der Waals surface area (Å²) in [4.78, 5) is 31.6. The second kappa shape index (κ2) is 8.72. The quantitative estimate of drug-likeness (QED) is 0.822. The van der Waals surface area contributed by atoms with E-state index in [1.54, 1.807) is 6.20 Å². The van der Waals surface area contributed by atoms with Crippen molar-refractivity contribution in [3.05, 3.63) is 42.1 Å². The number of hydrogen-bond donors (Lipinski definition) is 1. The smallest absolute Gasteiger partial charge is 0.225 e. The topological polar surface area (TPSA) is 62.3 Å². The van der Waals surface area contributed by atoms with Gasteiger partial charge in [0.1, 0.15) is 0 Å². The van der Waals surface area contributed by atoms with Gasteiger partial charge in [0.15, 0.2) is 0 Å². The van der Waals surface area contributed by atoms with Crippen molar-refractivity contribution >= 4 is 22.7 Å². The lowest BCUT2D eigenvalue weighted by Crippen LogP contribution is -2.49. The summed E-state index contributed by atoms with van der Waals surface area (Å²) in [7, 11) is 0. The Kier molecular flexibility index (Phi) is 5.89. The van der Waals surface area contributed by atoms with Gasteiger partial charge < -0.3 is 10.2 Å². The summed E-state index contributed by atoms with van der Waals surface area (Å²) in [6.45, 7) is 1.09. The average Bonchev–Trinajstić information content (AvgIpc) is 3.01. The number of piperidine rings is 1. The molecule has 2 aliphatic rings. The Bertz CT molecular complexity index is 843. The third kappa shape index (κ3) is 4.34. The van der Waals surface area contributed by atoms with Crippen LogP contribution < -0.4 is 5.32 Å². The van der Waals surface area contributed by atoms with Gasteiger partial charge in [-0.2, -0.15) is 0 Å². The third-order valence-electron chi connectivity index (χ3n) is 6.21. The van der Waals surface area contributed by atoms with Crippen molar-refractivity contribution < 1.29 is 9.59 Å². The zero-order valence-electron chi connectivity index (χ0n) is 16.4. The van der Waals surface area contributed by atoms with Gasteiger partial charge in [-0.05, 0) is 43.0 Å². The van der Waals surface area contributed by atoms with Gasteiger partial charge in [0.2, 0.25) is 11.8 Å². The molecule has 5 nitrogen and oxygen atoms in total. The summed E-state index contributed by atoms with van der Waals surface area (Å²) in [5.41, 5.74) is 2.03. The molecule has 2 heterocycles. The van der Waals surface area contributed by atoms with Crippen molar-refractivity contribution in [1.82, 2.24) is 15.2 Å². The van der Waals surface area contributed by atoms with Crippen LogP contribution in [0, 0.1) is 5.92 Å². The molecule has 2 aromatic rings. The first-order valence-corrected chi connectivity index (χ1v) is 10.6. The Labute approximate surface area is 166 Å². The van der Waals surface area contributed by atoms with Crippen molar-refractivity contribution in [2.45, 2.75) is 64.0 Å². The molecule has 148 valence electrons. The van der Waals surface area contributed by atoms with Gasteiger partial charge in [-0.1, -0.05) is 37.8 Å². The van der Waals surface area contributed by atoms with E-state index in [2.05, 4.69) is 16.4 Å². The molecule has 1 atom stereocenters. The lowest BCUT2D eigenvalue weighted by Gasteiger charge is -2.37. The Morgan fingerprint density at radius 3 is 2.75 bits per heavy atom. The van der Waals surface area contributed by atoms with Crippen LogP contribution in [-0.2, 0) is 16.1 Å². The van der Waals surface area contributed by atoms with Crippen LogP contribution in [0.3, 0.4) is 0 Å². The number of likely N-dealkylation sites (tertiary alicyclic amines) is 1. The molecule has 0 radical (unpaired) electrons. The first-order valence-electron chi connectivity index (χ1n) is 10.6. The molecule has 0 unspecified atom stereocenters. The van der Waals surface area contributed by atoms with E-state index in [-0.39, 0.29) is 17.7 Å². The number of carbonyl (C=O) groups is 2. The SMILES string of the molecule is O=C(NCc1ccc2ncccc2c1)[C@H]1CCC(=O)N(C2CCCCCC2)C1. The van der Waals surface area contributed by atoms with Crippen LogP contribution >= 0.6 is 0 Å². The summed E-state index contributed by atoms with van der Waals surface area (Å²) in [5.74, 6) is 0.207. The summed E-state index contributed by atoms with van der Waals surface area (Å²) in [6.07, 6.45) is 10.0. The van der Waals surface area contributed by atoms with Crippen LogP contribution in [0.15, 0.2) is 36.5 Å². The van der Waals surface area contributed by atoms with Crippen molar-refractivity contribution in [2.24, 2.45) is 5.92 Å². The Morgan fingerprint density at radius 1 is 1.11 bits per heavy atom. The van der Waals surface area contributed by atoms with Gasteiger partial charge in [0, 0.05) is 37.1 Å². The Balaban J connectivity index is 1.36. The summed E-state index contributed by atoms with van der Waals surface area (Å²) < 4.78 is 0. The molecule has 5 heteroatoms. The molecule has 2 amide bonds. The zero-order chi connectivity index (χ0) is 19.3. The lowest BCUT2D eigenvalue weighted by molar-refractivity contribution is -0.141. The van der Waals surface area contributed by atoms with E-state index >= 15 is 0 Å². The molecule has 1 saturated heterocycles. The molecule has 1 saturated carbocycles. The Morgan fingerprint density at radius 2 is 1.93 bits per heavy atom. The highest BCUT2D eigenvalue weighted by molar-refractivity contribution is 5.84. The van der Waals surface area contributed by atoms with Crippen LogP contribution in [0.1, 0.15) is 56.9 Å². The second-order valence-electron chi connectivity index (χ2n) is 8.18. The van der Waals surface area contributed by atoms with Crippen LogP contribution in [0.25, 0.3) is 10.9 Å². The summed E-state index contributed by atoms with van der Waals surface area (Å²) in [6, 6.07) is 10.4. The summed E-state index contributed by atoms with van der Waals surface area (Å²) in [5, 5.41) is 4.17. The Hall–Kier alpha value is -2.43. The minimum Gasteiger partial charge on any atom is -0.352 e. The number of aromatic nitrogens is 1. The monoisotopic (exact) mass is 379 g/mol. The van der Waals surface area contributed by atoms with Crippen LogP contribution in [0.2, 0.25) is 0 Å². The largest absolute Gasteiger partial charge is 0.352 e. The number of fused-ring (bicyclic) bond motifs is 1. The first kappa shape index (κ1) is 18.9. The molecule has 1 aliphatic heterocycles. The molecule has 1 N–H and O–H groups in total. The third-order valence-corrected chi connectivity index (χ3v) is 6.21. The van der Waals surface area contributed by atoms with Crippen LogP contribution in [0.5, 0.6) is 0 Å². The number of amides is 2. The fraction of sp³-hybridized carbons (Fsp3) is 0.522. The first-order chi connectivity index (χ1) is 13.7. The number of hydrogen-bond acceptors (Lipinski definition) is 3. The molecular weight excluding hydrogens is 350 g/mol. The maximum absolute atomic E-state index is 12.8. The van der Waals surface area contributed by atoms with Gasteiger partial charge in [-0.15, -0.1) is 0 Å². The van der Waals surface area contributed by atoms with Crippen molar-refractivity contribution in [1.29, 1.82) is 0 Å². The number of pyridine rings is 1. The maximum atomic E-state index is 12.8. The van der Waals surface area contributed by atoms with Gasteiger partial charge in [-0.25, -0.2) is 0 Å². The molecular formula is C23H29N3O2. The van der Waals surface area contributed by atoms with Crippen LogP contribution in [-0.4, -0.2) is 34.3 Å². The predicted octanol–water partition coefficient (Wildman–Crippen LogP) is 3.81. The lowest BCUT2D eigenvalue weighted by atomic mass is 9.93. The standard InChI is InChI=1S/C23H29N3O2/c27-22-12-10-19(16-26(22)20-7-3-1-2-4-8-20)23(28)25-15-17-9-11-21-18(14-17)6-5-13-24-21/h5-6,9,11,13-14,19-20H,1-4,7-8,10,12,15-16H2,(H,25,28)/t19-/m0/s1. The number of nitrogens with one attached hydrogen (secondary N) is 1. The minimum absolute atomic E-state index is 0.0670. The summed E-state index contributed by atoms with van der Waals surface area (Å²) >= 11 is 0. The second-order valence-corrected chi connectivity index (χ2v) is 8.18. The molecule has 0 bridgehead atoms. The van der Waals surface area contributed by atoms with E-state index in [0.29, 0.717) is 32.0 Å². The molecule has 0 spiro atoms. The molecule has 2 fully saturated rings. The van der Waals surface area contributed by atoms with E-state index in [4.69, 9.17) is 0 Å². The van der Waals surface area contributed by atoms with Gasteiger partial charge in [0.25, 0.3) is 0 Å². The van der Waals surface area contributed by atoms with E-state index in [9.17, 15) is 9.59 Å². The van der Waals surface area contributed by atoms with E-state index in [1.165, 1.54) is 25.7 Å². The highest BCUT2D eigenvalue weighted by atomic mass is 16.2. The van der Waals surface area contributed by atoms with E-state index < -0.39 is 0 Å². The van der Waals surface area contributed by atoms with E-state index in [0.717, 1.165) is 29.3 Å². The molecule has 28 heavy (non-hydrogen) atoms. The van der Waals surface area contributed by atoms with E-state index in [1.807, 2.05) is 29.2 Å². The van der Waals surface area contributed by atoms with Gasteiger partial charge in [-0.3, -0.25) is 14.6 Å². The predicted molar refractivity (Wildman–Crippen MR) is 110 cm³/mol. The number of carbonyl (C=O) groups excluding carboxylic acids is 2. The minimum atomic E-state index is -0.0944. The zero-order valence-corrected chi connectivity index (χ0v) is 16.4. The fourth-order valence-corrected chi connectivity index (χ4v) is 4.58. The molecule has 1 aromatic carbocycles. The molecule has 1 aromatic heterocycles. The fourth-order valence-electron chi connectivity index (χ4n) is 4.58. The van der Waals surface area contributed by atoms with Gasteiger partial charge >= 0.3 is 0 Å². The number of benzene rings is 1. The van der Waals surface area contributed by atoms with Gasteiger partial charge in [0.05, 0.1) is 11.4 Å². The number of nitrogens with zero attached hydrogens (tertiary/aromatic N) is 2. The highest BCUT2D eigenvalue weighted by Gasteiger charge is 2.34. The van der Waals surface area contributed by atoms with Crippen molar-refractivity contribution in [3.63, 3.8) is 0 Å². The van der Waals surface area contributed by atoms with Crippen molar-refractivity contribution in [3.8, 4) is 0 Å².